The van der Waals surface area contributed by atoms with Crippen LogP contribution in [0.4, 0.5) is 0 Å². The van der Waals surface area contributed by atoms with Crippen molar-refractivity contribution in [1.82, 2.24) is 10.2 Å². The lowest BCUT2D eigenvalue weighted by Gasteiger charge is -2.33. The lowest BCUT2D eigenvalue weighted by atomic mass is 9.95. The van der Waals surface area contributed by atoms with E-state index < -0.39 is 6.04 Å². The van der Waals surface area contributed by atoms with Gasteiger partial charge in [-0.3, -0.25) is 15.0 Å². The Kier molecular flexibility index (Phi) is 8.33. The van der Waals surface area contributed by atoms with Gasteiger partial charge in [-0.2, -0.15) is 0 Å². The first-order valence-electron chi connectivity index (χ1n) is 12.5. The van der Waals surface area contributed by atoms with Crippen LogP contribution in [0.5, 0.6) is 0 Å². The summed E-state index contributed by atoms with van der Waals surface area (Å²) in [5.41, 5.74) is 8.37. The summed E-state index contributed by atoms with van der Waals surface area (Å²) in [5.74, 6) is -0.293. The SMILES string of the molecule is CCOC(=O)C1CCN(C(=O)C(Cc2cccc(C(=N)N)c2)NCc2ccc3ccccc3c2)CC1. The van der Waals surface area contributed by atoms with Crippen molar-refractivity contribution in [2.24, 2.45) is 11.7 Å². The minimum atomic E-state index is -0.446. The van der Waals surface area contributed by atoms with E-state index in [-0.39, 0.29) is 23.6 Å². The van der Waals surface area contributed by atoms with Gasteiger partial charge in [0.2, 0.25) is 5.91 Å². The molecule has 188 valence electrons. The van der Waals surface area contributed by atoms with Crippen LogP contribution in [-0.2, 0) is 27.3 Å². The molecule has 1 atom stereocenters. The van der Waals surface area contributed by atoms with Crippen molar-refractivity contribution in [3.8, 4) is 0 Å². The number of rotatable bonds is 9. The molecule has 0 bridgehead atoms. The summed E-state index contributed by atoms with van der Waals surface area (Å²) in [6.45, 7) is 3.79. The Morgan fingerprint density at radius 2 is 1.78 bits per heavy atom. The smallest absolute Gasteiger partial charge is 0.309 e. The number of amides is 1. The first-order valence-corrected chi connectivity index (χ1v) is 12.5. The minimum Gasteiger partial charge on any atom is -0.466 e. The molecule has 3 aromatic rings. The number of carbonyl (C=O) groups excluding carboxylic acids is 2. The molecule has 0 spiro atoms. The fourth-order valence-corrected chi connectivity index (χ4v) is 4.75. The normalized spacial score (nSPS) is 15.0. The number of nitrogens with two attached hydrogens (primary N) is 1. The number of likely N-dealkylation sites (tertiary alicyclic amines) is 1. The quantitative estimate of drug-likeness (QED) is 0.243. The van der Waals surface area contributed by atoms with Crippen molar-refractivity contribution in [1.29, 1.82) is 5.41 Å². The average molecular weight is 487 g/mol. The monoisotopic (exact) mass is 486 g/mol. The highest BCUT2D eigenvalue weighted by atomic mass is 16.5. The van der Waals surface area contributed by atoms with Crippen LogP contribution in [-0.4, -0.2) is 48.4 Å². The number of piperidine rings is 1. The molecule has 36 heavy (non-hydrogen) atoms. The Balaban J connectivity index is 1.49. The molecule has 1 amide bonds. The first kappa shape index (κ1) is 25.4. The van der Waals surface area contributed by atoms with E-state index in [9.17, 15) is 9.59 Å². The van der Waals surface area contributed by atoms with Crippen LogP contribution in [0.1, 0.15) is 36.5 Å². The highest BCUT2D eigenvalue weighted by molar-refractivity contribution is 5.95. The summed E-state index contributed by atoms with van der Waals surface area (Å²) < 4.78 is 5.17. The number of benzene rings is 3. The molecule has 7 heteroatoms. The number of hydrogen-bond donors (Lipinski definition) is 3. The maximum absolute atomic E-state index is 13.6. The number of hydrogen-bond acceptors (Lipinski definition) is 5. The second kappa shape index (κ2) is 11.8. The van der Waals surface area contributed by atoms with E-state index in [4.69, 9.17) is 15.9 Å². The Hall–Kier alpha value is -3.71. The Morgan fingerprint density at radius 3 is 2.50 bits per heavy atom. The van der Waals surface area contributed by atoms with Gasteiger partial charge >= 0.3 is 5.97 Å². The van der Waals surface area contributed by atoms with E-state index in [1.807, 2.05) is 42.2 Å². The van der Waals surface area contributed by atoms with Gasteiger partial charge in [0.15, 0.2) is 0 Å². The topological polar surface area (TPSA) is 109 Å². The number of nitrogens with one attached hydrogen (secondary N) is 2. The number of nitrogens with zero attached hydrogens (tertiary/aromatic N) is 1. The van der Waals surface area contributed by atoms with Crippen LogP contribution in [0.15, 0.2) is 66.7 Å². The highest BCUT2D eigenvalue weighted by Crippen LogP contribution is 2.21. The predicted octanol–water partition coefficient (Wildman–Crippen LogP) is 3.63. The second-order valence-corrected chi connectivity index (χ2v) is 9.28. The zero-order chi connectivity index (χ0) is 25.5. The van der Waals surface area contributed by atoms with E-state index in [1.54, 1.807) is 6.07 Å². The number of ether oxygens (including phenoxy) is 1. The fraction of sp³-hybridized carbons (Fsp3) is 0.345. The lowest BCUT2D eigenvalue weighted by Crippen LogP contribution is -2.50. The first-order chi connectivity index (χ1) is 17.4. The van der Waals surface area contributed by atoms with Crippen LogP contribution in [0, 0.1) is 11.3 Å². The zero-order valence-corrected chi connectivity index (χ0v) is 20.7. The van der Waals surface area contributed by atoms with Gasteiger partial charge in [0, 0.05) is 25.2 Å². The van der Waals surface area contributed by atoms with Gasteiger partial charge in [-0.1, -0.05) is 54.6 Å². The standard InChI is InChI=1S/C29H34N4O3/c1-2-36-29(35)23-12-14-33(15-13-23)28(34)26(18-20-6-5-9-25(16-20)27(30)31)32-19-21-10-11-22-7-3-4-8-24(22)17-21/h3-11,16-17,23,26,32H,2,12-15,18-19H2,1H3,(H3,30,31). The van der Waals surface area contributed by atoms with E-state index in [1.165, 1.54) is 5.39 Å². The molecule has 0 radical (unpaired) electrons. The Morgan fingerprint density at radius 1 is 1.03 bits per heavy atom. The van der Waals surface area contributed by atoms with Crippen molar-refractivity contribution < 1.29 is 14.3 Å². The third-order valence-electron chi connectivity index (χ3n) is 6.77. The summed E-state index contributed by atoms with van der Waals surface area (Å²) in [6.07, 6.45) is 1.70. The van der Waals surface area contributed by atoms with Gasteiger partial charge in [-0.15, -0.1) is 0 Å². The average Bonchev–Trinajstić information content (AvgIpc) is 2.91. The molecule has 3 aromatic carbocycles. The number of amidine groups is 1. The van der Waals surface area contributed by atoms with Gasteiger partial charge in [0.05, 0.1) is 18.6 Å². The zero-order valence-electron chi connectivity index (χ0n) is 20.7. The van der Waals surface area contributed by atoms with Gasteiger partial charge in [-0.25, -0.2) is 0 Å². The minimum absolute atomic E-state index is 0.00453. The van der Waals surface area contributed by atoms with Crippen LogP contribution in [0.2, 0.25) is 0 Å². The molecule has 1 heterocycles. The molecule has 7 nitrogen and oxygen atoms in total. The van der Waals surface area contributed by atoms with Crippen molar-refractivity contribution in [2.75, 3.05) is 19.7 Å². The van der Waals surface area contributed by atoms with Gasteiger partial charge in [-0.05, 0) is 60.2 Å². The maximum atomic E-state index is 13.6. The van der Waals surface area contributed by atoms with E-state index in [2.05, 4.69) is 35.6 Å². The number of fused-ring (bicyclic) bond motifs is 1. The molecule has 1 fully saturated rings. The van der Waals surface area contributed by atoms with Gasteiger partial charge in [0.25, 0.3) is 0 Å². The number of carbonyl (C=O) groups is 2. The van der Waals surface area contributed by atoms with Gasteiger partial charge in [0.1, 0.15) is 5.84 Å². The second-order valence-electron chi connectivity index (χ2n) is 9.28. The molecule has 4 rings (SSSR count). The fourth-order valence-electron chi connectivity index (χ4n) is 4.75. The van der Waals surface area contributed by atoms with Crippen molar-refractivity contribution >= 4 is 28.5 Å². The molecule has 0 aliphatic carbocycles. The molecule has 1 saturated heterocycles. The summed E-state index contributed by atoms with van der Waals surface area (Å²) in [6, 6.07) is 21.6. The highest BCUT2D eigenvalue weighted by Gasteiger charge is 2.31. The van der Waals surface area contributed by atoms with Crippen molar-refractivity contribution in [3.63, 3.8) is 0 Å². The van der Waals surface area contributed by atoms with Crippen LogP contribution in [0.25, 0.3) is 10.8 Å². The predicted molar refractivity (Wildman–Crippen MR) is 142 cm³/mol. The van der Waals surface area contributed by atoms with Crippen molar-refractivity contribution in [3.05, 3.63) is 83.4 Å². The summed E-state index contributed by atoms with van der Waals surface area (Å²) in [5, 5.41) is 13.6. The van der Waals surface area contributed by atoms with Crippen LogP contribution >= 0.6 is 0 Å². The van der Waals surface area contributed by atoms with Crippen molar-refractivity contribution in [2.45, 2.75) is 38.8 Å². The molecular weight excluding hydrogens is 452 g/mol. The summed E-state index contributed by atoms with van der Waals surface area (Å²) in [7, 11) is 0. The molecule has 1 unspecified atom stereocenters. The van der Waals surface area contributed by atoms with Crippen LogP contribution in [0.3, 0.4) is 0 Å². The van der Waals surface area contributed by atoms with E-state index in [0.29, 0.717) is 51.1 Å². The summed E-state index contributed by atoms with van der Waals surface area (Å²) in [4.78, 5) is 27.6. The van der Waals surface area contributed by atoms with Crippen LogP contribution < -0.4 is 11.1 Å². The van der Waals surface area contributed by atoms with E-state index in [0.717, 1.165) is 16.5 Å². The summed E-state index contributed by atoms with van der Waals surface area (Å²) >= 11 is 0. The van der Waals surface area contributed by atoms with Gasteiger partial charge < -0.3 is 20.7 Å². The molecule has 1 aliphatic rings. The molecule has 0 saturated carbocycles. The third kappa shape index (κ3) is 6.29. The maximum Gasteiger partial charge on any atom is 0.309 e. The molecule has 1 aliphatic heterocycles. The lowest BCUT2D eigenvalue weighted by molar-refractivity contribution is -0.151. The number of nitrogen functional groups attached to an aromatic ring is 1. The molecular formula is C29H34N4O3. The Bertz CT molecular complexity index is 1230. The largest absolute Gasteiger partial charge is 0.466 e. The third-order valence-corrected chi connectivity index (χ3v) is 6.77. The molecule has 4 N–H and O–H groups in total. The number of esters is 1. The Labute approximate surface area is 212 Å². The molecule has 0 aromatic heterocycles. The van der Waals surface area contributed by atoms with E-state index >= 15 is 0 Å².